The molecule has 13 heavy (non-hydrogen) atoms. The van der Waals surface area contributed by atoms with Crippen molar-refractivity contribution in [3.63, 3.8) is 0 Å². The van der Waals surface area contributed by atoms with Gasteiger partial charge in [-0.15, -0.1) is 6.58 Å². The van der Waals surface area contributed by atoms with Gasteiger partial charge < -0.3 is 11.1 Å². The monoisotopic (exact) mass is 204 g/mol. The molecule has 1 aliphatic heterocycles. The summed E-state index contributed by atoms with van der Waals surface area (Å²) in [7, 11) is -2.87. The third-order valence-electron chi connectivity index (χ3n) is 2.40. The van der Waals surface area contributed by atoms with E-state index in [1.54, 1.807) is 6.08 Å². The molecule has 1 rings (SSSR count). The van der Waals surface area contributed by atoms with E-state index in [0.717, 1.165) is 0 Å². The molecule has 1 fully saturated rings. The highest BCUT2D eigenvalue weighted by molar-refractivity contribution is 7.91. The maximum absolute atomic E-state index is 11.2. The van der Waals surface area contributed by atoms with E-state index in [4.69, 9.17) is 5.73 Å². The molecule has 0 aromatic carbocycles. The molecule has 1 atom stereocenters. The molecule has 0 aliphatic carbocycles. The van der Waals surface area contributed by atoms with Crippen LogP contribution in [0.4, 0.5) is 0 Å². The number of hydrogen-bond acceptors (Lipinski definition) is 4. The fourth-order valence-corrected chi connectivity index (χ4v) is 3.63. The first-order chi connectivity index (χ1) is 6.04. The molecule has 5 heteroatoms. The molecule has 3 N–H and O–H groups in total. The van der Waals surface area contributed by atoms with Crippen LogP contribution in [0.1, 0.15) is 6.42 Å². The third-order valence-corrected chi connectivity index (χ3v) is 4.22. The Kier molecular flexibility index (Phi) is 3.10. The van der Waals surface area contributed by atoms with E-state index in [2.05, 4.69) is 11.9 Å². The lowest BCUT2D eigenvalue weighted by atomic mass is 9.99. The first kappa shape index (κ1) is 10.7. The summed E-state index contributed by atoms with van der Waals surface area (Å²) in [4.78, 5) is 0. The Morgan fingerprint density at radius 1 is 1.62 bits per heavy atom. The minimum Gasteiger partial charge on any atom is -0.329 e. The Hall–Kier alpha value is -0.390. The van der Waals surface area contributed by atoms with Gasteiger partial charge in [0.05, 0.1) is 11.5 Å². The van der Waals surface area contributed by atoms with Gasteiger partial charge in [0.25, 0.3) is 0 Å². The number of sulfone groups is 1. The van der Waals surface area contributed by atoms with E-state index >= 15 is 0 Å². The largest absolute Gasteiger partial charge is 0.329 e. The zero-order valence-electron chi connectivity index (χ0n) is 7.62. The Labute approximate surface area is 79.1 Å². The van der Waals surface area contributed by atoms with Crippen molar-refractivity contribution in [2.75, 3.05) is 24.6 Å². The van der Waals surface area contributed by atoms with Crippen LogP contribution in [0.25, 0.3) is 0 Å². The molecule has 0 radical (unpaired) electrons. The minimum absolute atomic E-state index is 0.157. The van der Waals surface area contributed by atoms with E-state index in [0.29, 0.717) is 19.5 Å². The zero-order chi connectivity index (χ0) is 9.95. The topological polar surface area (TPSA) is 72.2 Å². The van der Waals surface area contributed by atoms with E-state index < -0.39 is 15.4 Å². The van der Waals surface area contributed by atoms with Gasteiger partial charge in [0.2, 0.25) is 0 Å². The van der Waals surface area contributed by atoms with Gasteiger partial charge in [-0.3, -0.25) is 0 Å². The molecule has 4 nitrogen and oxygen atoms in total. The molecule has 1 unspecified atom stereocenters. The maximum Gasteiger partial charge on any atom is 0.152 e. The van der Waals surface area contributed by atoms with Gasteiger partial charge in [0, 0.05) is 18.6 Å². The lowest BCUT2D eigenvalue weighted by molar-refractivity contribution is 0.390. The van der Waals surface area contributed by atoms with Crippen LogP contribution in [0.15, 0.2) is 12.7 Å². The van der Waals surface area contributed by atoms with E-state index in [-0.39, 0.29) is 11.5 Å². The standard InChI is InChI=1S/C8H16N2O2S/c1-2-4-10-8(6-9)3-5-13(11,12)7-8/h2,10H,1,3-7,9H2. The molecular weight excluding hydrogens is 188 g/mol. The third kappa shape index (κ3) is 2.52. The smallest absolute Gasteiger partial charge is 0.152 e. The molecular formula is C8H16N2O2S. The number of hydrogen-bond donors (Lipinski definition) is 2. The SMILES string of the molecule is C=CCNC1(CN)CCS(=O)(=O)C1. The van der Waals surface area contributed by atoms with Crippen LogP contribution in [-0.4, -0.2) is 38.6 Å². The quantitative estimate of drug-likeness (QED) is 0.593. The molecule has 0 aromatic rings. The molecule has 0 bridgehead atoms. The molecule has 0 saturated carbocycles. The van der Waals surface area contributed by atoms with E-state index in [1.807, 2.05) is 0 Å². The average molecular weight is 204 g/mol. The first-order valence-corrected chi connectivity index (χ1v) is 6.12. The van der Waals surface area contributed by atoms with Crippen LogP contribution in [0.5, 0.6) is 0 Å². The highest BCUT2D eigenvalue weighted by Gasteiger charge is 2.40. The van der Waals surface area contributed by atoms with Crippen molar-refractivity contribution >= 4 is 9.84 Å². The summed E-state index contributed by atoms with van der Waals surface area (Å²) in [6, 6.07) is 0. The van der Waals surface area contributed by atoms with Crippen LogP contribution in [-0.2, 0) is 9.84 Å². The summed E-state index contributed by atoms with van der Waals surface area (Å²) in [6.45, 7) is 4.54. The number of nitrogens with two attached hydrogens (primary N) is 1. The zero-order valence-corrected chi connectivity index (χ0v) is 8.44. The summed E-state index contributed by atoms with van der Waals surface area (Å²) in [5, 5.41) is 3.13. The molecule has 1 heterocycles. The number of rotatable bonds is 4. The number of nitrogens with one attached hydrogen (secondary N) is 1. The predicted octanol–water partition coefficient (Wildman–Crippen LogP) is -0.722. The summed E-state index contributed by atoms with van der Waals surface area (Å²) in [5.74, 6) is 0.401. The van der Waals surface area contributed by atoms with Crippen molar-refractivity contribution in [2.45, 2.75) is 12.0 Å². The van der Waals surface area contributed by atoms with Crippen molar-refractivity contribution in [2.24, 2.45) is 5.73 Å². The van der Waals surface area contributed by atoms with Crippen LogP contribution in [0, 0.1) is 0 Å². The molecule has 1 saturated heterocycles. The van der Waals surface area contributed by atoms with Crippen molar-refractivity contribution in [1.29, 1.82) is 0 Å². The van der Waals surface area contributed by atoms with Gasteiger partial charge in [-0.1, -0.05) is 6.08 Å². The van der Waals surface area contributed by atoms with Crippen LogP contribution >= 0.6 is 0 Å². The second kappa shape index (κ2) is 3.77. The Morgan fingerprint density at radius 2 is 2.31 bits per heavy atom. The highest BCUT2D eigenvalue weighted by Crippen LogP contribution is 2.22. The summed E-state index contributed by atoms with van der Waals surface area (Å²) < 4.78 is 22.5. The molecule has 1 aliphatic rings. The second-order valence-electron chi connectivity index (χ2n) is 3.50. The van der Waals surface area contributed by atoms with Gasteiger partial charge in [-0.2, -0.15) is 0 Å². The molecule has 0 spiro atoms. The summed E-state index contributed by atoms with van der Waals surface area (Å²) >= 11 is 0. The summed E-state index contributed by atoms with van der Waals surface area (Å²) in [6.07, 6.45) is 2.32. The second-order valence-corrected chi connectivity index (χ2v) is 5.68. The maximum atomic E-state index is 11.2. The Morgan fingerprint density at radius 3 is 2.69 bits per heavy atom. The fourth-order valence-electron chi connectivity index (χ4n) is 1.58. The first-order valence-electron chi connectivity index (χ1n) is 4.30. The molecule has 0 aromatic heterocycles. The highest BCUT2D eigenvalue weighted by atomic mass is 32.2. The molecule has 0 amide bonds. The fraction of sp³-hybridized carbons (Fsp3) is 0.750. The normalized spacial score (nSPS) is 31.8. The van der Waals surface area contributed by atoms with Gasteiger partial charge in [-0.05, 0) is 6.42 Å². The van der Waals surface area contributed by atoms with Crippen LogP contribution in [0.2, 0.25) is 0 Å². The van der Waals surface area contributed by atoms with Crippen molar-refractivity contribution in [3.8, 4) is 0 Å². The van der Waals surface area contributed by atoms with Gasteiger partial charge in [0.15, 0.2) is 9.84 Å². The lowest BCUT2D eigenvalue weighted by Gasteiger charge is -2.26. The average Bonchev–Trinajstić information content (AvgIpc) is 2.40. The van der Waals surface area contributed by atoms with E-state index in [1.165, 1.54) is 0 Å². The van der Waals surface area contributed by atoms with Crippen LogP contribution in [0.3, 0.4) is 0 Å². The Balaban J connectivity index is 2.68. The van der Waals surface area contributed by atoms with Crippen molar-refractivity contribution in [3.05, 3.63) is 12.7 Å². The lowest BCUT2D eigenvalue weighted by Crippen LogP contribution is -2.52. The predicted molar refractivity (Wildman–Crippen MR) is 53.3 cm³/mol. The summed E-state index contributed by atoms with van der Waals surface area (Å²) in [5.41, 5.74) is 5.16. The van der Waals surface area contributed by atoms with Gasteiger partial charge >= 0.3 is 0 Å². The van der Waals surface area contributed by atoms with Crippen molar-refractivity contribution in [1.82, 2.24) is 5.32 Å². The van der Waals surface area contributed by atoms with E-state index in [9.17, 15) is 8.42 Å². The van der Waals surface area contributed by atoms with Crippen molar-refractivity contribution < 1.29 is 8.42 Å². The van der Waals surface area contributed by atoms with Gasteiger partial charge in [-0.25, -0.2) is 8.42 Å². The minimum atomic E-state index is -2.87. The Bertz CT molecular complexity index is 287. The molecule has 76 valence electrons. The van der Waals surface area contributed by atoms with Crippen LogP contribution < -0.4 is 11.1 Å². The van der Waals surface area contributed by atoms with Gasteiger partial charge in [0.1, 0.15) is 0 Å².